The van der Waals surface area contributed by atoms with Gasteiger partial charge in [0.25, 0.3) is 10.0 Å². The summed E-state index contributed by atoms with van der Waals surface area (Å²) in [4.78, 5) is 13.2. The number of anilines is 2. The molecular formula is C27H26N2O4S. The zero-order chi connectivity index (χ0) is 24.3. The van der Waals surface area contributed by atoms with E-state index in [9.17, 15) is 13.2 Å². The van der Waals surface area contributed by atoms with E-state index in [-0.39, 0.29) is 10.5 Å². The largest absolute Gasteiger partial charge is 0.478 e. The van der Waals surface area contributed by atoms with Gasteiger partial charge in [-0.15, -0.1) is 0 Å². The maximum Gasteiger partial charge on any atom is 0.335 e. The summed E-state index contributed by atoms with van der Waals surface area (Å²) < 4.78 is 29.3. The van der Waals surface area contributed by atoms with Gasteiger partial charge in [-0.25, -0.2) is 13.2 Å². The minimum absolute atomic E-state index is 0.234. The van der Waals surface area contributed by atoms with Crippen LogP contribution in [-0.4, -0.2) is 33.6 Å². The average Bonchev–Trinajstić information content (AvgIpc) is 2.82. The van der Waals surface area contributed by atoms with Crippen LogP contribution in [0.4, 0.5) is 11.4 Å². The molecule has 0 fully saturated rings. The van der Waals surface area contributed by atoms with Crippen molar-refractivity contribution in [2.75, 3.05) is 23.7 Å². The zero-order valence-corrected chi connectivity index (χ0v) is 19.8. The number of fused-ring (bicyclic) bond motifs is 1. The van der Waals surface area contributed by atoms with Crippen molar-refractivity contribution in [3.63, 3.8) is 0 Å². The lowest BCUT2D eigenvalue weighted by Crippen LogP contribution is -2.14. The first-order valence-electron chi connectivity index (χ1n) is 10.9. The molecule has 0 bridgehead atoms. The number of carboxylic acid groups (broad SMARTS) is 1. The minimum Gasteiger partial charge on any atom is -0.478 e. The van der Waals surface area contributed by atoms with Crippen LogP contribution < -0.4 is 9.62 Å². The van der Waals surface area contributed by atoms with Crippen molar-refractivity contribution in [2.24, 2.45) is 0 Å². The molecule has 0 saturated heterocycles. The molecule has 2 N–H and O–H groups in total. The summed E-state index contributed by atoms with van der Waals surface area (Å²) >= 11 is 0. The van der Waals surface area contributed by atoms with Gasteiger partial charge in [0.05, 0.1) is 10.5 Å². The van der Waals surface area contributed by atoms with Crippen molar-refractivity contribution in [3.05, 3.63) is 102 Å². The van der Waals surface area contributed by atoms with E-state index in [1.807, 2.05) is 61.5 Å². The molecule has 0 amide bonds. The second-order valence-corrected chi connectivity index (χ2v) is 9.98. The Morgan fingerprint density at radius 1 is 0.824 bits per heavy atom. The molecule has 0 atom stereocenters. The molecule has 0 radical (unpaired) electrons. The number of aromatic carboxylic acids is 1. The van der Waals surface area contributed by atoms with E-state index in [1.54, 1.807) is 42.5 Å². The molecule has 4 rings (SSSR count). The molecular weight excluding hydrogens is 448 g/mol. The van der Waals surface area contributed by atoms with Gasteiger partial charge in [-0.05, 0) is 60.4 Å². The third kappa shape index (κ3) is 5.05. The van der Waals surface area contributed by atoms with Crippen molar-refractivity contribution < 1.29 is 18.3 Å². The number of hydrogen-bond acceptors (Lipinski definition) is 4. The number of rotatable bonds is 8. The summed E-state index contributed by atoms with van der Waals surface area (Å²) in [5.41, 5.74) is 3.71. The van der Waals surface area contributed by atoms with Gasteiger partial charge in [-0.1, -0.05) is 48.5 Å². The maximum absolute atomic E-state index is 13.3. The number of sulfonamides is 1. The highest BCUT2D eigenvalue weighted by Gasteiger charge is 2.19. The van der Waals surface area contributed by atoms with E-state index in [4.69, 9.17) is 5.11 Å². The van der Waals surface area contributed by atoms with E-state index in [0.29, 0.717) is 23.9 Å². The average molecular weight is 475 g/mol. The Balaban J connectivity index is 1.54. The fourth-order valence-corrected chi connectivity index (χ4v) is 5.26. The van der Waals surface area contributed by atoms with Crippen LogP contribution in [0.15, 0.2) is 89.8 Å². The summed E-state index contributed by atoms with van der Waals surface area (Å²) in [7, 11) is 0.0582. The second-order valence-electron chi connectivity index (χ2n) is 8.33. The van der Waals surface area contributed by atoms with Gasteiger partial charge < -0.3 is 10.0 Å². The van der Waals surface area contributed by atoms with Gasteiger partial charge in [-0.2, -0.15) is 0 Å². The first-order valence-corrected chi connectivity index (χ1v) is 12.4. The Morgan fingerprint density at radius 3 is 2.18 bits per heavy atom. The summed E-state index contributed by atoms with van der Waals surface area (Å²) in [6.07, 6.45) is 1.41. The predicted molar refractivity (Wildman–Crippen MR) is 136 cm³/mol. The minimum atomic E-state index is -3.80. The van der Waals surface area contributed by atoms with Crippen LogP contribution in [-0.2, 0) is 22.9 Å². The molecule has 0 unspecified atom stereocenters. The van der Waals surface area contributed by atoms with Crippen molar-refractivity contribution >= 4 is 38.1 Å². The van der Waals surface area contributed by atoms with Gasteiger partial charge in [0.15, 0.2) is 0 Å². The number of nitrogens with one attached hydrogen (secondary N) is 1. The third-order valence-corrected chi connectivity index (χ3v) is 7.15. The molecule has 0 spiro atoms. The third-order valence-electron chi connectivity index (χ3n) is 5.71. The number of hydrogen-bond donors (Lipinski definition) is 2. The molecule has 4 aromatic rings. The zero-order valence-electron chi connectivity index (χ0n) is 19.0. The van der Waals surface area contributed by atoms with Crippen molar-refractivity contribution in [2.45, 2.75) is 17.7 Å². The first kappa shape index (κ1) is 23.3. The van der Waals surface area contributed by atoms with Crippen LogP contribution >= 0.6 is 0 Å². The standard InChI is InChI=1S/C27H26N2O4S/c1-29(2)25-10-4-9-24-23(25)8-5-11-26(24)34(32,33)28-22-7-3-6-20(18-22)13-12-19-14-16-21(17-15-19)27(30)31/h3-11,14-18,28H,12-13H2,1-2H3,(H,30,31). The van der Waals surface area contributed by atoms with Crippen LogP contribution in [0.5, 0.6) is 0 Å². The Hall–Kier alpha value is -3.84. The molecule has 0 aromatic heterocycles. The Labute approximate surface area is 199 Å². The molecule has 34 heavy (non-hydrogen) atoms. The smallest absolute Gasteiger partial charge is 0.335 e. The van der Waals surface area contributed by atoms with E-state index >= 15 is 0 Å². The highest BCUT2D eigenvalue weighted by molar-refractivity contribution is 7.93. The monoisotopic (exact) mass is 474 g/mol. The second kappa shape index (κ2) is 9.57. The van der Waals surface area contributed by atoms with Gasteiger partial charge in [0.1, 0.15) is 0 Å². The fourth-order valence-electron chi connectivity index (χ4n) is 3.99. The molecule has 0 saturated carbocycles. The lowest BCUT2D eigenvalue weighted by atomic mass is 10.0. The summed E-state index contributed by atoms with van der Waals surface area (Å²) in [5, 5.41) is 10.6. The fraction of sp³-hybridized carbons (Fsp3) is 0.148. The van der Waals surface area contributed by atoms with E-state index < -0.39 is 16.0 Å². The van der Waals surface area contributed by atoms with Crippen LogP contribution in [0.2, 0.25) is 0 Å². The highest BCUT2D eigenvalue weighted by Crippen LogP contribution is 2.31. The first-order chi connectivity index (χ1) is 16.2. The molecule has 7 heteroatoms. The molecule has 4 aromatic carbocycles. The predicted octanol–water partition coefficient (Wildman–Crippen LogP) is 5.19. The molecule has 0 aliphatic carbocycles. The van der Waals surface area contributed by atoms with Crippen LogP contribution in [0.1, 0.15) is 21.5 Å². The van der Waals surface area contributed by atoms with Gasteiger partial charge >= 0.3 is 5.97 Å². The van der Waals surface area contributed by atoms with Gasteiger partial charge in [0, 0.05) is 36.2 Å². The van der Waals surface area contributed by atoms with Crippen molar-refractivity contribution in [1.29, 1.82) is 0 Å². The number of nitrogens with zero attached hydrogens (tertiary/aromatic N) is 1. The van der Waals surface area contributed by atoms with Crippen molar-refractivity contribution in [3.8, 4) is 0 Å². The lowest BCUT2D eigenvalue weighted by molar-refractivity contribution is 0.0697. The Bertz CT molecular complexity index is 1450. The van der Waals surface area contributed by atoms with E-state index in [1.165, 1.54) is 0 Å². The molecule has 0 heterocycles. The van der Waals surface area contributed by atoms with E-state index in [0.717, 1.165) is 22.2 Å². The van der Waals surface area contributed by atoms with Gasteiger partial charge in [0.2, 0.25) is 0 Å². The molecule has 0 aliphatic heterocycles. The highest BCUT2D eigenvalue weighted by atomic mass is 32.2. The van der Waals surface area contributed by atoms with Crippen molar-refractivity contribution in [1.82, 2.24) is 0 Å². The van der Waals surface area contributed by atoms with Crippen LogP contribution in [0.25, 0.3) is 10.8 Å². The number of carboxylic acids is 1. The number of benzene rings is 4. The lowest BCUT2D eigenvalue weighted by Gasteiger charge is -2.17. The summed E-state index contributed by atoms with van der Waals surface area (Å²) in [6, 6.07) is 25.1. The normalized spacial score (nSPS) is 11.4. The number of aryl methyl sites for hydroxylation is 2. The van der Waals surface area contributed by atoms with Gasteiger partial charge in [-0.3, -0.25) is 4.72 Å². The topological polar surface area (TPSA) is 86.7 Å². The van der Waals surface area contributed by atoms with Crippen LogP contribution in [0.3, 0.4) is 0 Å². The van der Waals surface area contributed by atoms with E-state index in [2.05, 4.69) is 4.72 Å². The Kier molecular flexibility index (Phi) is 6.56. The van der Waals surface area contributed by atoms with Crippen LogP contribution in [0, 0.1) is 0 Å². The SMILES string of the molecule is CN(C)c1cccc2c(S(=O)(=O)Nc3cccc(CCc4ccc(C(=O)O)cc4)c3)cccc12. The molecule has 6 nitrogen and oxygen atoms in total. The summed E-state index contributed by atoms with van der Waals surface area (Å²) in [6.45, 7) is 0. The quantitative estimate of drug-likeness (QED) is 0.367. The molecule has 0 aliphatic rings. The maximum atomic E-state index is 13.3. The molecule has 174 valence electrons. The Morgan fingerprint density at radius 2 is 1.47 bits per heavy atom. The summed E-state index contributed by atoms with van der Waals surface area (Å²) in [5.74, 6) is -0.948. The number of carbonyl (C=O) groups is 1.